The molecule has 0 bridgehead atoms. The van der Waals surface area contributed by atoms with Crippen molar-refractivity contribution in [1.29, 1.82) is 0 Å². The zero-order chi connectivity index (χ0) is 20.8. The van der Waals surface area contributed by atoms with Crippen molar-refractivity contribution in [2.45, 2.75) is 19.0 Å². The van der Waals surface area contributed by atoms with Gasteiger partial charge in [-0.3, -0.25) is 4.98 Å². The smallest absolute Gasteiger partial charge is 0.145 e. The van der Waals surface area contributed by atoms with Crippen LogP contribution in [0, 0.1) is 0 Å². The maximum atomic E-state index is 6.18. The van der Waals surface area contributed by atoms with Gasteiger partial charge in [0.2, 0.25) is 0 Å². The second-order valence-electron chi connectivity index (χ2n) is 6.76. The Morgan fingerprint density at radius 2 is 1.72 bits per heavy atom. The minimum atomic E-state index is -0.174. The van der Waals surface area contributed by atoms with Gasteiger partial charge < -0.3 is 21.5 Å². The SMILES string of the molecule is CNCc1cc(Oc2ccc(C(N)CCN)nc2)cc(-c2cc(Cl)cc(Cl)c2)c1. The summed E-state index contributed by atoms with van der Waals surface area (Å²) in [5, 5.41) is 4.34. The van der Waals surface area contributed by atoms with Gasteiger partial charge in [-0.25, -0.2) is 0 Å². The number of nitrogens with one attached hydrogen (secondary N) is 1. The lowest BCUT2D eigenvalue weighted by molar-refractivity contribution is 0.478. The van der Waals surface area contributed by atoms with Crippen LogP contribution in [0.15, 0.2) is 54.7 Å². The van der Waals surface area contributed by atoms with Crippen molar-refractivity contribution < 1.29 is 4.74 Å². The third-order valence-electron chi connectivity index (χ3n) is 4.40. The molecule has 1 unspecified atom stereocenters. The van der Waals surface area contributed by atoms with Crippen molar-refractivity contribution >= 4 is 23.2 Å². The first-order valence-electron chi connectivity index (χ1n) is 9.33. The Hall–Kier alpha value is -2.15. The number of nitrogens with zero attached hydrogens (tertiary/aromatic N) is 1. The van der Waals surface area contributed by atoms with Gasteiger partial charge in [0.25, 0.3) is 0 Å². The van der Waals surface area contributed by atoms with Crippen LogP contribution in [0.3, 0.4) is 0 Å². The predicted octanol–water partition coefficient (Wildman–Crippen LogP) is 4.92. The number of benzene rings is 2. The summed E-state index contributed by atoms with van der Waals surface area (Å²) in [4.78, 5) is 4.40. The van der Waals surface area contributed by atoms with Crippen LogP contribution in [0.5, 0.6) is 11.5 Å². The Bertz CT molecular complexity index is 943. The largest absolute Gasteiger partial charge is 0.456 e. The van der Waals surface area contributed by atoms with Crippen molar-refractivity contribution in [3.8, 4) is 22.6 Å². The van der Waals surface area contributed by atoms with Crippen molar-refractivity contribution in [2.24, 2.45) is 11.5 Å². The summed E-state index contributed by atoms with van der Waals surface area (Å²) < 4.78 is 6.06. The molecular weight excluding hydrogens is 407 g/mol. The van der Waals surface area contributed by atoms with Gasteiger partial charge in [-0.1, -0.05) is 23.2 Å². The van der Waals surface area contributed by atoms with Gasteiger partial charge in [-0.2, -0.15) is 0 Å². The van der Waals surface area contributed by atoms with Gasteiger partial charge in [0.05, 0.1) is 11.9 Å². The number of halogens is 2. The maximum absolute atomic E-state index is 6.18. The van der Waals surface area contributed by atoms with Crippen LogP contribution in [0.4, 0.5) is 0 Å². The fraction of sp³-hybridized carbons (Fsp3) is 0.227. The Balaban J connectivity index is 1.89. The van der Waals surface area contributed by atoms with Crippen LogP contribution < -0.4 is 21.5 Å². The molecule has 5 N–H and O–H groups in total. The predicted molar refractivity (Wildman–Crippen MR) is 120 cm³/mol. The molecule has 0 fully saturated rings. The molecule has 0 aliphatic heterocycles. The van der Waals surface area contributed by atoms with Gasteiger partial charge in [0.1, 0.15) is 11.5 Å². The third-order valence-corrected chi connectivity index (χ3v) is 4.83. The molecule has 0 spiro atoms. The maximum Gasteiger partial charge on any atom is 0.145 e. The molecule has 3 aromatic rings. The second kappa shape index (κ2) is 10.1. The van der Waals surface area contributed by atoms with Crippen molar-refractivity contribution in [3.63, 3.8) is 0 Å². The number of pyridine rings is 1. The molecule has 0 aliphatic rings. The van der Waals surface area contributed by atoms with Gasteiger partial charge in [-0.15, -0.1) is 0 Å². The highest BCUT2D eigenvalue weighted by Gasteiger charge is 2.09. The van der Waals surface area contributed by atoms with E-state index in [9.17, 15) is 0 Å². The van der Waals surface area contributed by atoms with E-state index in [2.05, 4.69) is 16.4 Å². The van der Waals surface area contributed by atoms with Gasteiger partial charge in [-0.05, 0) is 85.2 Å². The van der Waals surface area contributed by atoms with Gasteiger partial charge >= 0.3 is 0 Å². The van der Waals surface area contributed by atoms with E-state index < -0.39 is 0 Å². The molecule has 3 rings (SSSR count). The average Bonchev–Trinajstić information content (AvgIpc) is 2.68. The molecule has 0 radical (unpaired) electrons. The third kappa shape index (κ3) is 5.92. The van der Waals surface area contributed by atoms with Gasteiger partial charge in [0, 0.05) is 22.6 Å². The first kappa shape index (κ1) is 21.6. The summed E-state index contributed by atoms with van der Waals surface area (Å²) in [6.45, 7) is 1.22. The van der Waals surface area contributed by atoms with Crippen molar-refractivity contribution in [1.82, 2.24) is 10.3 Å². The van der Waals surface area contributed by atoms with Crippen molar-refractivity contribution in [2.75, 3.05) is 13.6 Å². The lowest BCUT2D eigenvalue weighted by Crippen LogP contribution is -2.16. The summed E-state index contributed by atoms with van der Waals surface area (Å²) in [6.07, 6.45) is 2.36. The summed E-state index contributed by atoms with van der Waals surface area (Å²) >= 11 is 12.4. The Kier molecular flexibility index (Phi) is 7.47. The topological polar surface area (TPSA) is 86.2 Å². The molecule has 0 amide bonds. The molecule has 1 atom stereocenters. The van der Waals surface area contributed by atoms with Crippen LogP contribution in [-0.2, 0) is 6.54 Å². The molecule has 152 valence electrons. The fourth-order valence-corrected chi connectivity index (χ4v) is 3.57. The van der Waals surface area contributed by atoms with Crippen LogP contribution in [-0.4, -0.2) is 18.6 Å². The monoisotopic (exact) mass is 430 g/mol. The highest BCUT2D eigenvalue weighted by Crippen LogP contribution is 2.32. The molecule has 0 saturated heterocycles. The zero-order valence-electron chi connectivity index (χ0n) is 16.2. The molecular formula is C22H24Cl2N4O. The molecule has 1 aromatic heterocycles. The number of ether oxygens (including phenoxy) is 1. The molecule has 2 aromatic carbocycles. The summed E-state index contributed by atoms with van der Waals surface area (Å²) in [5.41, 5.74) is 15.4. The van der Waals surface area contributed by atoms with Crippen LogP contribution in [0.25, 0.3) is 11.1 Å². The lowest BCUT2D eigenvalue weighted by atomic mass is 10.0. The van der Waals surface area contributed by atoms with E-state index in [-0.39, 0.29) is 6.04 Å². The summed E-state index contributed by atoms with van der Waals surface area (Å²) in [7, 11) is 1.90. The quantitative estimate of drug-likeness (QED) is 0.472. The van der Waals surface area contributed by atoms with E-state index >= 15 is 0 Å². The minimum Gasteiger partial charge on any atom is -0.456 e. The van der Waals surface area contributed by atoms with Crippen LogP contribution >= 0.6 is 23.2 Å². The Morgan fingerprint density at radius 1 is 1.00 bits per heavy atom. The van der Waals surface area contributed by atoms with Crippen molar-refractivity contribution in [3.05, 3.63) is 76.0 Å². The highest BCUT2D eigenvalue weighted by atomic mass is 35.5. The fourth-order valence-electron chi connectivity index (χ4n) is 3.05. The zero-order valence-corrected chi connectivity index (χ0v) is 17.7. The first-order valence-corrected chi connectivity index (χ1v) is 10.1. The molecule has 29 heavy (non-hydrogen) atoms. The van der Waals surface area contributed by atoms with E-state index in [1.807, 2.05) is 43.4 Å². The number of hydrogen-bond donors (Lipinski definition) is 3. The highest BCUT2D eigenvalue weighted by molar-refractivity contribution is 6.35. The second-order valence-corrected chi connectivity index (χ2v) is 7.63. The average molecular weight is 431 g/mol. The van der Waals surface area contributed by atoms with Crippen LogP contribution in [0.2, 0.25) is 10.0 Å². The summed E-state index contributed by atoms with van der Waals surface area (Å²) in [6, 6.07) is 15.0. The van der Waals surface area contributed by atoms with Crippen LogP contribution in [0.1, 0.15) is 23.7 Å². The molecule has 1 heterocycles. The van der Waals surface area contributed by atoms with E-state index in [1.54, 1.807) is 12.3 Å². The van der Waals surface area contributed by atoms with E-state index in [1.165, 1.54) is 0 Å². The molecule has 5 nitrogen and oxygen atoms in total. The number of rotatable bonds is 8. The summed E-state index contributed by atoms with van der Waals surface area (Å²) in [5.74, 6) is 1.33. The molecule has 7 heteroatoms. The number of nitrogens with two attached hydrogens (primary N) is 2. The van der Waals surface area contributed by atoms with E-state index in [0.29, 0.717) is 41.1 Å². The molecule has 0 saturated carbocycles. The van der Waals surface area contributed by atoms with E-state index in [0.717, 1.165) is 22.4 Å². The number of aromatic nitrogens is 1. The van der Waals surface area contributed by atoms with Gasteiger partial charge in [0.15, 0.2) is 0 Å². The number of hydrogen-bond acceptors (Lipinski definition) is 5. The Morgan fingerprint density at radius 3 is 2.34 bits per heavy atom. The first-order chi connectivity index (χ1) is 14.0. The Labute approximate surface area is 181 Å². The minimum absolute atomic E-state index is 0.174. The lowest BCUT2D eigenvalue weighted by Gasteiger charge is -2.13. The standard InChI is InChI=1S/C22H24Cl2N4O/c1-27-12-14-6-15(16-8-17(23)11-18(24)9-16)10-20(7-14)29-19-2-3-22(28-13-19)21(26)4-5-25/h2-3,6-11,13,21,27H,4-5,12,25-26H2,1H3. The van der Waals surface area contributed by atoms with E-state index in [4.69, 9.17) is 39.4 Å². The normalized spacial score (nSPS) is 12.0. The molecule has 0 aliphatic carbocycles.